The third-order valence-corrected chi connectivity index (χ3v) is 9.47. The fourth-order valence-electron chi connectivity index (χ4n) is 7.26. The van der Waals surface area contributed by atoms with Crippen LogP contribution in [-0.2, 0) is 9.47 Å². The topological polar surface area (TPSA) is 18.5 Å². The van der Waals surface area contributed by atoms with Crippen LogP contribution < -0.4 is 0 Å². The smallest absolute Gasteiger partial charge is 0.173 e. The number of rotatable bonds is 1. The number of hydrogen-bond donors (Lipinski definition) is 0. The van der Waals surface area contributed by atoms with Crippen LogP contribution in [0.3, 0.4) is 0 Å². The first-order valence-electron chi connectivity index (χ1n) is 11.5. The van der Waals surface area contributed by atoms with Gasteiger partial charge >= 0.3 is 0 Å². The molecule has 0 radical (unpaired) electrons. The van der Waals surface area contributed by atoms with Crippen molar-refractivity contribution in [1.82, 2.24) is 0 Å². The minimum atomic E-state index is -1.31. The molecule has 1 spiro atoms. The molecule has 0 bridgehead atoms. The molecule has 4 aliphatic rings. The Morgan fingerprint density at radius 3 is 2.43 bits per heavy atom. The Labute approximate surface area is 173 Å². The van der Waals surface area contributed by atoms with Gasteiger partial charge in [0.15, 0.2) is 5.79 Å². The maximum atomic E-state index is 6.29. The van der Waals surface area contributed by atoms with Crippen LogP contribution in [-0.4, -0.2) is 27.1 Å². The predicted octanol–water partition coefficient (Wildman–Crippen LogP) is 6.33. The van der Waals surface area contributed by atoms with Crippen LogP contribution in [0, 0.1) is 33.6 Å². The zero-order chi connectivity index (χ0) is 20.3. The summed E-state index contributed by atoms with van der Waals surface area (Å²) in [6, 6.07) is 0. The molecule has 3 atom stereocenters. The summed E-state index contributed by atoms with van der Waals surface area (Å²) in [5.74, 6) is 3.95. The Morgan fingerprint density at radius 2 is 1.75 bits per heavy atom. The van der Waals surface area contributed by atoms with Crippen molar-refractivity contribution in [3.8, 4) is 11.5 Å². The molecule has 0 unspecified atom stereocenters. The zero-order valence-electron chi connectivity index (χ0n) is 19.0. The summed E-state index contributed by atoms with van der Waals surface area (Å²) in [6.45, 7) is 16.0. The summed E-state index contributed by atoms with van der Waals surface area (Å²) in [5.41, 5.74) is 6.06. The van der Waals surface area contributed by atoms with Gasteiger partial charge in [-0.05, 0) is 49.9 Å². The molecule has 1 saturated heterocycles. The van der Waals surface area contributed by atoms with E-state index in [0.717, 1.165) is 26.1 Å². The molecule has 0 aromatic rings. The minimum Gasteiger partial charge on any atom is -0.347 e. The van der Waals surface area contributed by atoms with E-state index in [1.54, 1.807) is 5.57 Å². The van der Waals surface area contributed by atoms with Crippen molar-refractivity contribution in [3.05, 3.63) is 11.6 Å². The van der Waals surface area contributed by atoms with Crippen LogP contribution >= 0.6 is 0 Å². The Morgan fingerprint density at radius 1 is 1.04 bits per heavy atom. The van der Waals surface area contributed by atoms with Gasteiger partial charge in [-0.2, -0.15) is 0 Å². The van der Waals surface area contributed by atoms with Crippen LogP contribution in [0.1, 0.15) is 72.1 Å². The summed E-state index contributed by atoms with van der Waals surface area (Å²) in [5, 5.41) is 0. The van der Waals surface area contributed by atoms with Crippen LogP contribution in [0.25, 0.3) is 0 Å². The highest BCUT2D eigenvalue weighted by Crippen LogP contribution is 2.69. The quantitative estimate of drug-likeness (QED) is 0.291. The van der Waals surface area contributed by atoms with Gasteiger partial charge in [0, 0.05) is 23.7 Å². The first-order chi connectivity index (χ1) is 13.0. The van der Waals surface area contributed by atoms with Crippen LogP contribution in [0.4, 0.5) is 0 Å². The highest BCUT2D eigenvalue weighted by Gasteiger charge is 2.65. The summed E-state index contributed by atoms with van der Waals surface area (Å²) in [4.78, 5) is 0. The van der Waals surface area contributed by atoms with Gasteiger partial charge in [0.05, 0.1) is 13.2 Å². The maximum Gasteiger partial charge on any atom is 0.173 e. The van der Waals surface area contributed by atoms with E-state index in [2.05, 4.69) is 58.0 Å². The standard InChI is InChI=1S/C25H40O2Si/c1-22(2)20-11-14-24(13-9-19-28(4,5)6)12-8-7-10-21(24)23(20,3)15-16-25(22)26-17-18-27-25/h10,20H,7-8,11-18H2,1-6H3/t20-,23-,24-/m0/s1. The molecule has 1 aliphatic heterocycles. The first kappa shape index (κ1) is 20.7. The molecule has 1 heterocycles. The Kier molecular flexibility index (Phi) is 4.97. The molecule has 0 N–H and O–H groups in total. The van der Waals surface area contributed by atoms with Gasteiger partial charge < -0.3 is 9.47 Å². The van der Waals surface area contributed by atoms with E-state index in [9.17, 15) is 0 Å². The number of allylic oxidation sites excluding steroid dienone is 2. The fraction of sp³-hybridized carbons (Fsp3) is 0.840. The van der Waals surface area contributed by atoms with E-state index in [1.165, 1.54) is 38.5 Å². The van der Waals surface area contributed by atoms with Crippen molar-refractivity contribution >= 4 is 8.07 Å². The Bertz CT molecular complexity index is 713. The summed E-state index contributed by atoms with van der Waals surface area (Å²) in [7, 11) is -1.31. The molecule has 156 valence electrons. The van der Waals surface area contributed by atoms with E-state index in [4.69, 9.17) is 9.47 Å². The van der Waals surface area contributed by atoms with Gasteiger partial charge in [-0.3, -0.25) is 0 Å². The van der Waals surface area contributed by atoms with E-state index in [1.807, 2.05) is 0 Å². The van der Waals surface area contributed by atoms with Crippen molar-refractivity contribution in [2.24, 2.45) is 22.2 Å². The second-order valence-electron chi connectivity index (χ2n) is 11.7. The molecular weight excluding hydrogens is 360 g/mol. The zero-order valence-corrected chi connectivity index (χ0v) is 20.0. The Hall–Kier alpha value is -0.563. The highest BCUT2D eigenvalue weighted by molar-refractivity contribution is 6.83. The first-order valence-corrected chi connectivity index (χ1v) is 15.0. The van der Waals surface area contributed by atoms with Crippen LogP contribution in [0.15, 0.2) is 11.6 Å². The van der Waals surface area contributed by atoms with Crippen LogP contribution in [0.5, 0.6) is 0 Å². The molecule has 2 saturated carbocycles. The lowest BCUT2D eigenvalue weighted by Gasteiger charge is -2.64. The molecule has 2 nitrogen and oxygen atoms in total. The van der Waals surface area contributed by atoms with Gasteiger partial charge in [-0.1, -0.05) is 52.1 Å². The molecule has 3 heteroatoms. The van der Waals surface area contributed by atoms with Crippen molar-refractivity contribution in [1.29, 1.82) is 0 Å². The second-order valence-corrected chi connectivity index (χ2v) is 16.4. The monoisotopic (exact) mass is 400 g/mol. The Balaban J connectivity index is 1.69. The third kappa shape index (κ3) is 3.06. The van der Waals surface area contributed by atoms with E-state index < -0.39 is 8.07 Å². The van der Waals surface area contributed by atoms with E-state index >= 15 is 0 Å². The SMILES string of the molecule is CC1(C)[C@@H]2CC[C@@]3(CC#C[Si](C)(C)C)CCCC=C3[C@@]2(C)CCC12OCCO2. The number of ether oxygens (including phenoxy) is 2. The maximum absolute atomic E-state index is 6.29. The van der Waals surface area contributed by atoms with Gasteiger partial charge in [-0.15, -0.1) is 11.5 Å². The summed E-state index contributed by atoms with van der Waals surface area (Å²) >= 11 is 0. The van der Waals surface area contributed by atoms with Gasteiger partial charge in [-0.25, -0.2) is 0 Å². The largest absolute Gasteiger partial charge is 0.347 e. The van der Waals surface area contributed by atoms with Gasteiger partial charge in [0.25, 0.3) is 0 Å². The molecule has 0 aromatic heterocycles. The highest BCUT2D eigenvalue weighted by atomic mass is 28.3. The average molecular weight is 401 g/mol. The summed E-state index contributed by atoms with van der Waals surface area (Å²) < 4.78 is 12.6. The lowest BCUT2D eigenvalue weighted by Crippen LogP contribution is -2.62. The molecule has 3 fully saturated rings. The van der Waals surface area contributed by atoms with E-state index in [0.29, 0.717) is 11.3 Å². The molecule has 3 aliphatic carbocycles. The van der Waals surface area contributed by atoms with Crippen molar-refractivity contribution in [2.45, 2.75) is 97.6 Å². The molecule has 0 aromatic carbocycles. The van der Waals surface area contributed by atoms with Crippen molar-refractivity contribution in [2.75, 3.05) is 13.2 Å². The lowest BCUT2D eigenvalue weighted by molar-refractivity contribution is -0.285. The molecular formula is C25H40O2Si. The molecule has 0 amide bonds. The third-order valence-electron chi connectivity index (χ3n) is 8.55. The molecule has 28 heavy (non-hydrogen) atoms. The molecule has 4 rings (SSSR count). The average Bonchev–Trinajstić information content (AvgIpc) is 3.09. The van der Waals surface area contributed by atoms with Gasteiger partial charge in [0.2, 0.25) is 0 Å². The van der Waals surface area contributed by atoms with E-state index in [-0.39, 0.29) is 16.6 Å². The lowest BCUT2D eigenvalue weighted by atomic mass is 9.42. The van der Waals surface area contributed by atoms with Crippen molar-refractivity contribution in [3.63, 3.8) is 0 Å². The van der Waals surface area contributed by atoms with Crippen LogP contribution in [0.2, 0.25) is 19.6 Å². The number of hydrogen-bond acceptors (Lipinski definition) is 2. The number of fused-ring (bicyclic) bond motifs is 3. The predicted molar refractivity (Wildman–Crippen MR) is 119 cm³/mol. The van der Waals surface area contributed by atoms with Gasteiger partial charge in [0.1, 0.15) is 8.07 Å². The second kappa shape index (κ2) is 6.72. The summed E-state index contributed by atoms with van der Waals surface area (Å²) in [6.07, 6.45) is 12.4. The normalized spacial score (nSPS) is 38.8. The fourth-order valence-corrected chi connectivity index (χ4v) is 7.88. The van der Waals surface area contributed by atoms with Crippen molar-refractivity contribution < 1.29 is 9.47 Å². The minimum absolute atomic E-state index is 0.0466.